The molecule has 118 valence electrons. The molecule has 0 spiro atoms. The minimum absolute atomic E-state index is 0.00555. The molecule has 2 saturated heterocycles. The van der Waals surface area contributed by atoms with Gasteiger partial charge in [-0.1, -0.05) is 11.6 Å². The number of rotatable bonds is 3. The molecule has 2 fully saturated rings. The molecule has 1 aromatic carbocycles. The lowest BCUT2D eigenvalue weighted by atomic mass is 10.1. The number of carbonyl (C=O) groups is 2. The molecule has 6 heteroatoms. The highest BCUT2D eigenvalue weighted by atomic mass is 35.5. The second-order valence-electron chi connectivity index (χ2n) is 5.68. The van der Waals surface area contributed by atoms with Gasteiger partial charge in [0.05, 0.1) is 16.0 Å². The van der Waals surface area contributed by atoms with Crippen LogP contribution in [0.1, 0.15) is 36.0 Å². The van der Waals surface area contributed by atoms with Crippen molar-refractivity contribution in [2.75, 3.05) is 24.2 Å². The number of thioether (sulfide) groups is 1. The maximum Gasteiger partial charge on any atom is 0.253 e. The van der Waals surface area contributed by atoms with Crippen LogP contribution in [-0.4, -0.2) is 40.8 Å². The Hall–Kier alpha value is -1.20. The molecule has 1 atom stereocenters. The number of hydrogen-bond acceptors (Lipinski definition) is 3. The molecule has 0 saturated carbocycles. The summed E-state index contributed by atoms with van der Waals surface area (Å²) in [5.41, 5.74) is 1.12. The molecule has 0 radical (unpaired) electrons. The van der Waals surface area contributed by atoms with Crippen LogP contribution < -0.4 is 5.32 Å². The maximum absolute atomic E-state index is 12.4. The first kappa shape index (κ1) is 15.7. The molecule has 0 bridgehead atoms. The molecule has 4 nitrogen and oxygen atoms in total. The summed E-state index contributed by atoms with van der Waals surface area (Å²) in [5, 5.41) is 3.34. The minimum Gasteiger partial charge on any atom is -0.339 e. The molecular weight excluding hydrogens is 320 g/mol. The molecule has 2 aliphatic rings. The summed E-state index contributed by atoms with van der Waals surface area (Å²) in [6.07, 6.45) is 4.09. The standard InChI is InChI=1S/C16H19ClN2O2S/c17-12-6-5-11(16(21)19-7-1-2-8-19)10-13(12)18-15(20)14-4-3-9-22-14/h5-6,10,14H,1-4,7-9H2,(H,18,20)/t14-/m1/s1. The van der Waals surface area contributed by atoms with Crippen LogP contribution in [0.3, 0.4) is 0 Å². The van der Waals surface area contributed by atoms with E-state index in [1.165, 1.54) is 0 Å². The monoisotopic (exact) mass is 338 g/mol. The third kappa shape index (κ3) is 3.41. The van der Waals surface area contributed by atoms with Gasteiger partial charge in [-0.05, 0) is 49.6 Å². The fourth-order valence-electron chi connectivity index (χ4n) is 2.85. The molecule has 2 amide bonds. The fourth-order valence-corrected chi connectivity index (χ4v) is 4.18. The van der Waals surface area contributed by atoms with Crippen molar-refractivity contribution in [3.63, 3.8) is 0 Å². The zero-order chi connectivity index (χ0) is 15.5. The van der Waals surface area contributed by atoms with Gasteiger partial charge in [0, 0.05) is 18.7 Å². The van der Waals surface area contributed by atoms with Crippen molar-refractivity contribution in [3.05, 3.63) is 28.8 Å². The zero-order valence-electron chi connectivity index (χ0n) is 12.3. The summed E-state index contributed by atoms with van der Waals surface area (Å²) in [7, 11) is 0. The van der Waals surface area contributed by atoms with E-state index >= 15 is 0 Å². The largest absolute Gasteiger partial charge is 0.339 e. The van der Waals surface area contributed by atoms with E-state index in [9.17, 15) is 9.59 Å². The Bertz CT molecular complexity index is 582. The Balaban J connectivity index is 1.74. The van der Waals surface area contributed by atoms with Crippen LogP contribution in [0.2, 0.25) is 5.02 Å². The van der Waals surface area contributed by atoms with Crippen molar-refractivity contribution >= 4 is 40.9 Å². The third-order valence-corrected chi connectivity index (χ3v) is 5.79. The molecule has 2 aliphatic heterocycles. The van der Waals surface area contributed by atoms with Crippen LogP contribution >= 0.6 is 23.4 Å². The number of halogens is 1. The highest BCUT2D eigenvalue weighted by Gasteiger charge is 2.25. The van der Waals surface area contributed by atoms with Crippen molar-refractivity contribution in [3.8, 4) is 0 Å². The number of carbonyl (C=O) groups excluding carboxylic acids is 2. The summed E-state index contributed by atoms with van der Waals surface area (Å²) in [6.45, 7) is 1.61. The van der Waals surface area contributed by atoms with Gasteiger partial charge in [0.2, 0.25) is 5.91 Å². The van der Waals surface area contributed by atoms with Gasteiger partial charge in [-0.3, -0.25) is 9.59 Å². The van der Waals surface area contributed by atoms with Crippen molar-refractivity contribution in [2.24, 2.45) is 0 Å². The number of hydrogen-bond donors (Lipinski definition) is 1. The van der Waals surface area contributed by atoms with E-state index in [2.05, 4.69) is 5.32 Å². The quantitative estimate of drug-likeness (QED) is 0.918. The van der Waals surface area contributed by atoms with Gasteiger partial charge in [0.1, 0.15) is 0 Å². The third-order valence-electron chi connectivity index (χ3n) is 4.09. The summed E-state index contributed by atoms with van der Waals surface area (Å²) in [4.78, 5) is 26.5. The number of benzene rings is 1. The van der Waals surface area contributed by atoms with E-state index in [0.717, 1.165) is 44.5 Å². The normalized spacial score (nSPS) is 21.1. The predicted molar refractivity (Wildman–Crippen MR) is 90.7 cm³/mol. The molecule has 2 heterocycles. The first-order valence-corrected chi connectivity index (χ1v) is 9.09. The van der Waals surface area contributed by atoms with Gasteiger partial charge >= 0.3 is 0 Å². The maximum atomic E-state index is 12.4. The van der Waals surface area contributed by atoms with Crippen molar-refractivity contribution in [1.82, 2.24) is 4.90 Å². The molecular formula is C16H19ClN2O2S. The Labute approximate surface area is 139 Å². The second kappa shape index (κ2) is 6.92. The zero-order valence-corrected chi connectivity index (χ0v) is 13.9. The van der Waals surface area contributed by atoms with Crippen LogP contribution in [0.4, 0.5) is 5.69 Å². The first-order chi connectivity index (χ1) is 10.6. The van der Waals surface area contributed by atoms with Gasteiger partial charge < -0.3 is 10.2 Å². The van der Waals surface area contributed by atoms with Crippen molar-refractivity contribution in [1.29, 1.82) is 0 Å². The van der Waals surface area contributed by atoms with Gasteiger partial charge in [0.25, 0.3) is 5.91 Å². The van der Waals surface area contributed by atoms with E-state index < -0.39 is 0 Å². The number of likely N-dealkylation sites (tertiary alicyclic amines) is 1. The van der Waals surface area contributed by atoms with Gasteiger partial charge in [-0.25, -0.2) is 0 Å². The average Bonchev–Trinajstić information content (AvgIpc) is 3.22. The SMILES string of the molecule is O=C(Nc1cc(C(=O)N2CCCC2)ccc1Cl)[C@H]1CCCS1. The van der Waals surface area contributed by atoms with Gasteiger partial charge in [0.15, 0.2) is 0 Å². The van der Waals surface area contributed by atoms with E-state index in [1.807, 2.05) is 4.90 Å². The Morgan fingerprint density at radius 1 is 1.23 bits per heavy atom. The summed E-state index contributed by atoms with van der Waals surface area (Å²) in [6, 6.07) is 5.10. The molecule has 0 aliphatic carbocycles. The number of anilines is 1. The van der Waals surface area contributed by atoms with Crippen LogP contribution in [-0.2, 0) is 4.79 Å². The lowest BCUT2D eigenvalue weighted by Gasteiger charge is -2.17. The Kier molecular flexibility index (Phi) is 4.93. The van der Waals surface area contributed by atoms with E-state index in [0.29, 0.717) is 16.3 Å². The molecule has 1 N–H and O–H groups in total. The first-order valence-electron chi connectivity index (χ1n) is 7.66. The lowest BCUT2D eigenvalue weighted by Crippen LogP contribution is -2.28. The lowest BCUT2D eigenvalue weighted by molar-refractivity contribution is -0.115. The summed E-state index contributed by atoms with van der Waals surface area (Å²) < 4.78 is 0. The molecule has 0 aromatic heterocycles. The summed E-state index contributed by atoms with van der Waals surface area (Å²) in [5.74, 6) is 1.02. The van der Waals surface area contributed by atoms with Crippen LogP contribution in [0.25, 0.3) is 0 Å². The highest BCUT2D eigenvalue weighted by molar-refractivity contribution is 8.00. The topological polar surface area (TPSA) is 49.4 Å². The molecule has 0 unspecified atom stereocenters. The summed E-state index contributed by atoms with van der Waals surface area (Å²) >= 11 is 7.84. The minimum atomic E-state index is -0.0184. The van der Waals surface area contributed by atoms with Crippen LogP contribution in [0.15, 0.2) is 18.2 Å². The average molecular weight is 339 g/mol. The van der Waals surface area contributed by atoms with E-state index in [4.69, 9.17) is 11.6 Å². The highest BCUT2D eigenvalue weighted by Crippen LogP contribution is 2.29. The van der Waals surface area contributed by atoms with Gasteiger partial charge in [-0.2, -0.15) is 0 Å². The molecule has 1 aromatic rings. The van der Waals surface area contributed by atoms with Crippen LogP contribution in [0, 0.1) is 0 Å². The second-order valence-corrected chi connectivity index (χ2v) is 7.40. The van der Waals surface area contributed by atoms with E-state index in [-0.39, 0.29) is 17.1 Å². The van der Waals surface area contributed by atoms with Gasteiger partial charge in [-0.15, -0.1) is 11.8 Å². The van der Waals surface area contributed by atoms with Crippen LogP contribution in [0.5, 0.6) is 0 Å². The van der Waals surface area contributed by atoms with E-state index in [1.54, 1.807) is 30.0 Å². The predicted octanol–water partition coefficient (Wildman–Crippen LogP) is 3.41. The molecule has 22 heavy (non-hydrogen) atoms. The smallest absolute Gasteiger partial charge is 0.253 e. The number of amides is 2. The number of nitrogens with zero attached hydrogens (tertiary/aromatic N) is 1. The Morgan fingerprint density at radius 3 is 2.68 bits per heavy atom. The fraction of sp³-hybridized carbons (Fsp3) is 0.500. The Morgan fingerprint density at radius 2 is 2.00 bits per heavy atom. The number of nitrogens with one attached hydrogen (secondary N) is 1. The van der Waals surface area contributed by atoms with Crippen molar-refractivity contribution in [2.45, 2.75) is 30.9 Å². The molecule has 3 rings (SSSR count). The van der Waals surface area contributed by atoms with Crippen molar-refractivity contribution < 1.29 is 9.59 Å².